The maximum atomic E-state index is 8.89. The predicted molar refractivity (Wildman–Crippen MR) is 105 cm³/mol. The highest BCUT2D eigenvalue weighted by Crippen LogP contribution is 2.25. The second-order valence-electron chi connectivity index (χ2n) is 5.08. The Balaban J connectivity index is 0.000000277. The molecule has 0 bridgehead atoms. The molecule has 0 atom stereocenters. The molecule has 1 aromatic carbocycles. The molecule has 1 heterocycles. The van der Waals surface area contributed by atoms with Crippen LogP contribution in [0.1, 0.15) is 35.0 Å². The van der Waals surface area contributed by atoms with Crippen LogP contribution < -0.4 is 0 Å². The van der Waals surface area contributed by atoms with Gasteiger partial charge in [0.15, 0.2) is 0 Å². The Bertz CT molecular complexity index is 634. The molecule has 2 nitrogen and oxygen atoms in total. The lowest BCUT2D eigenvalue weighted by Gasteiger charge is -1.94. The average Bonchev–Trinajstić information content (AvgIpc) is 2.90. The third kappa shape index (κ3) is 6.73. The van der Waals surface area contributed by atoms with Crippen LogP contribution in [0.15, 0.2) is 47.4 Å². The summed E-state index contributed by atoms with van der Waals surface area (Å²) in [5, 5.41) is 9.93. The Morgan fingerprint density at radius 1 is 1.22 bits per heavy atom. The van der Waals surface area contributed by atoms with Gasteiger partial charge < -0.3 is 5.11 Å². The summed E-state index contributed by atoms with van der Waals surface area (Å²) in [7, 11) is 0. The predicted octanol–water partition coefficient (Wildman–Crippen LogP) is 5.25. The van der Waals surface area contributed by atoms with Crippen LogP contribution in [0.5, 0.6) is 0 Å². The first-order chi connectivity index (χ1) is 11.0. The van der Waals surface area contributed by atoms with E-state index >= 15 is 0 Å². The van der Waals surface area contributed by atoms with Gasteiger partial charge in [0.1, 0.15) is 5.01 Å². The number of aliphatic hydroxyl groups is 1. The van der Waals surface area contributed by atoms with Gasteiger partial charge in [0.05, 0.1) is 5.69 Å². The second-order valence-corrected chi connectivity index (χ2v) is 6.79. The van der Waals surface area contributed by atoms with Crippen molar-refractivity contribution >= 4 is 29.5 Å². The Hall–Kier alpha value is -1.36. The molecule has 0 saturated heterocycles. The van der Waals surface area contributed by atoms with Gasteiger partial charge in [-0.1, -0.05) is 35.9 Å². The molecule has 0 saturated carbocycles. The SMILES string of the molecule is C/C=C\C(=C/C)c1nc(CCO)c(C)s1.Cc1ccc(S)cc1. The molecule has 1 N–H and O–H groups in total. The van der Waals surface area contributed by atoms with Crippen LogP contribution >= 0.6 is 24.0 Å². The zero-order valence-electron chi connectivity index (χ0n) is 14.2. The van der Waals surface area contributed by atoms with Crippen molar-refractivity contribution < 1.29 is 5.11 Å². The van der Waals surface area contributed by atoms with Gasteiger partial charge in [0.25, 0.3) is 0 Å². The van der Waals surface area contributed by atoms with E-state index in [0.717, 1.165) is 21.2 Å². The number of allylic oxidation sites excluding steroid dienone is 4. The Kier molecular flexibility index (Phi) is 8.92. The first kappa shape index (κ1) is 19.7. The van der Waals surface area contributed by atoms with E-state index in [0.29, 0.717) is 6.42 Å². The van der Waals surface area contributed by atoms with Crippen molar-refractivity contribution in [2.24, 2.45) is 0 Å². The van der Waals surface area contributed by atoms with Crippen molar-refractivity contribution in [3.05, 3.63) is 63.6 Å². The molecule has 2 rings (SSSR count). The summed E-state index contributed by atoms with van der Waals surface area (Å²) >= 11 is 5.82. The smallest absolute Gasteiger partial charge is 0.123 e. The molecular formula is C19H25NOS2. The molecule has 2 aromatic rings. The minimum absolute atomic E-state index is 0.165. The van der Waals surface area contributed by atoms with Gasteiger partial charge in [-0.2, -0.15) is 0 Å². The minimum atomic E-state index is 0.165. The van der Waals surface area contributed by atoms with Crippen LogP contribution in [0.2, 0.25) is 0 Å². The monoisotopic (exact) mass is 347 g/mol. The third-order valence-electron chi connectivity index (χ3n) is 3.18. The molecule has 0 radical (unpaired) electrons. The van der Waals surface area contributed by atoms with E-state index in [2.05, 4.69) is 43.6 Å². The molecule has 0 aliphatic heterocycles. The number of hydrogen-bond acceptors (Lipinski definition) is 4. The van der Waals surface area contributed by atoms with Crippen molar-refractivity contribution in [1.82, 2.24) is 4.98 Å². The van der Waals surface area contributed by atoms with Gasteiger partial charge in [0, 0.05) is 28.4 Å². The van der Waals surface area contributed by atoms with Gasteiger partial charge in [-0.25, -0.2) is 4.98 Å². The number of thiol groups is 1. The molecule has 0 amide bonds. The lowest BCUT2D eigenvalue weighted by molar-refractivity contribution is 0.298. The van der Waals surface area contributed by atoms with Gasteiger partial charge >= 0.3 is 0 Å². The lowest BCUT2D eigenvalue weighted by Crippen LogP contribution is -1.93. The number of aromatic nitrogens is 1. The van der Waals surface area contributed by atoms with Crippen LogP contribution in [-0.2, 0) is 6.42 Å². The number of benzene rings is 1. The van der Waals surface area contributed by atoms with E-state index in [9.17, 15) is 0 Å². The maximum absolute atomic E-state index is 8.89. The fourth-order valence-corrected chi connectivity index (χ4v) is 3.07. The van der Waals surface area contributed by atoms with Crippen molar-refractivity contribution in [3.63, 3.8) is 0 Å². The number of aliphatic hydroxyl groups excluding tert-OH is 1. The number of hydrogen-bond donors (Lipinski definition) is 2. The number of thiazole rings is 1. The highest BCUT2D eigenvalue weighted by Gasteiger charge is 2.08. The number of rotatable bonds is 4. The topological polar surface area (TPSA) is 33.1 Å². The Morgan fingerprint density at radius 3 is 2.35 bits per heavy atom. The summed E-state index contributed by atoms with van der Waals surface area (Å²) in [5.74, 6) is 0. The van der Waals surface area contributed by atoms with Gasteiger partial charge in [-0.3, -0.25) is 0 Å². The van der Waals surface area contributed by atoms with E-state index in [1.807, 2.05) is 44.2 Å². The second kappa shape index (κ2) is 10.4. The lowest BCUT2D eigenvalue weighted by atomic mass is 10.2. The summed E-state index contributed by atoms with van der Waals surface area (Å²) in [6, 6.07) is 8.06. The first-order valence-corrected chi connectivity index (χ1v) is 8.90. The molecule has 0 fully saturated rings. The third-order valence-corrected chi connectivity index (χ3v) is 4.54. The highest BCUT2D eigenvalue weighted by atomic mass is 32.1. The molecule has 0 unspecified atom stereocenters. The zero-order valence-corrected chi connectivity index (χ0v) is 15.9. The van der Waals surface area contributed by atoms with E-state index < -0.39 is 0 Å². The fraction of sp³-hybridized carbons (Fsp3) is 0.316. The highest BCUT2D eigenvalue weighted by molar-refractivity contribution is 7.80. The van der Waals surface area contributed by atoms with Crippen molar-refractivity contribution in [1.29, 1.82) is 0 Å². The summed E-state index contributed by atoms with van der Waals surface area (Å²) in [6.45, 7) is 8.29. The normalized spacial score (nSPS) is 11.5. The van der Waals surface area contributed by atoms with Gasteiger partial charge in [-0.15, -0.1) is 24.0 Å². The van der Waals surface area contributed by atoms with Gasteiger partial charge in [0.2, 0.25) is 0 Å². The number of aryl methyl sites for hydroxylation is 2. The van der Waals surface area contributed by atoms with Crippen LogP contribution in [0.25, 0.3) is 5.57 Å². The van der Waals surface area contributed by atoms with E-state index in [4.69, 9.17) is 5.11 Å². The Labute approximate surface area is 149 Å². The van der Waals surface area contributed by atoms with E-state index in [1.54, 1.807) is 11.3 Å². The van der Waals surface area contributed by atoms with Crippen molar-refractivity contribution in [3.8, 4) is 0 Å². The minimum Gasteiger partial charge on any atom is -0.396 e. The van der Waals surface area contributed by atoms with Crippen LogP contribution in [0.3, 0.4) is 0 Å². The van der Waals surface area contributed by atoms with Crippen molar-refractivity contribution in [2.45, 2.75) is 39.0 Å². The quantitative estimate of drug-likeness (QED) is 0.585. The maximum Gasteiger partial charge on any atom is 0.123 e. The molecule has 0 spiro atoms. The molecule has 1 aromatic heterocycles. The molecule has 0 aliphatic carbocycles. The van der Waals surface area contributed by atoms with Crippen LogP contribution in [-0.4, -0.2) is 16.7 Å². The summed E-state index contributed by atoms with van der Waals surface area (Å²) in [6.07, 6.45) is 6.77. The van der Waals surface area contributed by atoms with E-state index in [1.165, 1.54) is 10.4 Å². The summed E-state index contributed by atoms with van der Waals surface area (Å²) < 4.78 is 0. The van der Waals surface area contributed by atoms with Crippen LogP contribution in [0.4, 0.5) is 0 Å². The largest absolute Gasteiger partial charge is 0.396 e. The fourth-order valence-electron chi connectivity index (χ4n) is 1.90. The molecule has 23 heavy (non-hydrogen) atoms. The standard InChI is InChI=1S/C12H17NOS.C7H8S/c1-4-6-10(5-2)12-13-11(7-8-14)9(3)15-12;1-6-2-4-7(8)5-3-6/h4-6,14H,7-8H2,1-3H3;2-5,8H,1H3/b6-4-,10-5+;. The zero-order chi connectivity index (χ0) is 17.2. The summed E-state index contributed by atoms with van der Waals surface area (Å²) in [5.41, 5.74) is 3.44. The Morgan fingerprint density at radius 2 is 1.87 bits per heavy atom. The molecule has 0 aliphatic rings. The van der Waals surface area contributed by atoms with E-state index in [-0.39, 0.29) is 6.61 Å². The van der Waals surface area contributed by atoms with Crippen LogP contribution in [0, 0.1) is 13.8 Å². The summed E-state index contributed by atoms with van der Waals surface area (Å²) in [4.78, 5) is 6.75. The average molecular weight is 348 g/mol. The van der Waals surface area contributed by atoms with Gasteiger partial charge in [-0.05, 0) is 39.8 Å². The molecule has 124 valence electrons. The number of nitrogens with zero attached hydrogens (tertiary/aromatic N) is 1. The molecule has 4 heteroatoms. The molecular weight excluding hydrogens is 322 g/mol. The van der Waals surface area contributed by atoms with Crippen molar-refractivity contribution in [2.75, 3.05) is 6.61 Å². The first-order valence-electron chi connectivity index (χ1n) is 7.64.